The number of nitrogens with two attached hydrogens (primary N) is 1. The SMILES string of the molecule is CCOC(=O)C1=C(C)OC(N)=C(C#N)C1c1ccc(-c2cc(C)ns2)cc1. The zero-order chi connectivity index (χ0) is 19.6. The van der Waals surface area contributed by atoms with Gasteiger partial charge in [-0.1, -0.05) is 24.3 Å². The summed E-state index contributed by atoms with van der Waals surface area (Å²) < 4.78 is 14.9. The van der Waals surface area contributed by atoms with E-state index in [9.17, 15) is 10.1 Å². The van der Waals surface area contributed by atoms with Gasteiger partial charge in [-0.15, -0.1) is 0 Å². The van der Waals surface area contributed by atoms with Gasteiger partial charge < -0.3 is 15.2 Å². The van der Waals surface area contributed by atoms with Crippen LogP contribution in [0.2, 0.25) is 0 Å². The Bertz CT molecular complexity index is 981. The van der Waals surface area contributed by atoms with Gasteiger partial charge in [-0.2, -0.15) is 9.64 Å². The maximum atomic E-state index is 12.5. The molecule has 0 fully saturated rings. The Morgan fingerprint density at radius 3 is 2.63 bits per heavy atom. The Morgan fingerprint density at radius 1 is 1.37 bits per heavy atom. The zero-order valence-corrected chi connectivity index (χ0v) is 16.1. The van der Waals surface area contributed by atoms with Gasteiger partial charge in [0.2, 0.25) is 5.88 Å². The number of carbonyl (C=O) groups is 1. The van der Waals surface area contributed by atoms with E-state index in [4.69, 9.17) is 15.2 Å². The Labute approximate surface area is 161 Å². The second-order valence-electron chi connectivity index (χ2n) is 6.07. The number of aryl methyl sites for hydroxylation is 1. The first-order chi connectivity index (χ1) is 13.0. The molecule has 0 amide bonds. The number of aromatic nitrogens is 1. The van der Waals surface area contributed by atoms with Crippen LogP contribution in [0.15, 0.2) is 53.1 Å². The molecule has 1 atom stereocenters. The molecule has 3 rings (SSSR count). The van der Waals surface area contributed by atoms with Crippen molar-refractivity contribution in [1.29, 1.82) is 5.26 Å². The number of hydrogen-bond acceptors (Lipinski definition) is 7. The van der Waals surface area contributed by atoms with Crippen LogP contribution in [0.25, 0.3) is 10.4 Å². The molecule has 0 saturated heterocycles. The molecule has 2 N–H and O–H groups in total. The summed E-state index contributed by atoms with van der Waals surface area (Å²) in [5.41, 5.74) is 9.16. The summed E-state index contributed by atoms with van der Waals surface area (Å²) >= 11 is 1.43. The van der Waals surface area contributed by atoms with Gasteiger partial charge in [-0.25, -0.2) is 4.79 Å². The highest BCUT2D eigenvalue weighted by Gasteiger charge is 2.36. The third-order valence-corrected chi connectivity index (χ3v) is 5.19. The lowest BCUT2D eigenvalue weighted by Crippen LogP contribution is -2.25. The molecule has 1 aromatic carbocycles. The second-order valence-corrected chi connectivity index (χ2v) is 6.87. The molecule has 0 radical (unpaired) electrons. The van der Waals surface area contributed by atoms with Gasteiger partial charge in [0.05, 0.1) is 28.7 Å². The minimum atomic E-state index is -0.625. The molecule has 0 bridgehead atoms. The highest BCUT2D eigenvalue weighted by atomic mass is 32.1. The highest BCUT2D eigenvalue weighted by molar-refractivity contribution is 7.09. The molecule has 6 nitrogen and oxygen atoms in total. The fourth-order valence-electron chi connectivity index (χ4n) is 3.03. The molecule has 27 heavy (non-hydrogen) atoms. The lowest BCUT2D eigenvalue weighted by molar-refractivity contribution is -0.139. The number of hydrogen-bond donors (Lipinski definition) is 1. The monoisotopic (exact) mass is 381 g/mol. The normalized spacial score (nSPS) is 16.7. The molecule has 2 aromatic rings. The molecule has 0 saturated carbocycles. The molecule has 1 aromatic heterocycles. The van der Waals surface area contributed by atoms with E-state index in [2.05, 4.69) is 10.4 Å². The molecule has 0 aliphatic carbocycles. The Morgan fingerprint density at radius 2 is 2.07 bits per heavy atom. The van der Waals surface area contributed by atoms with Crippen LogP contribution in [0.5, 0.6) is 0 Å². The fourth-order valence-corrected chi connectivity index (χ4v) is 3.79. The number of rotatable bonds is 4. The smallest absolute Gasteiger partial charge is 0.338 e. The molecule has 1 aliphatic heterocycles. The first-order valence-corrected chi connectivity index (χ1v) is 9.22. The van der Waals surface area contributed by atoms with Crippen molar-refractivity contribution in [3.8, 4) is 16.5 Å². The van der Waals surface area contributed by atoms with Gasteiger partial charge in [-0.05, 0) is 49.5 Å². The van der Waals surface area contributed by atoms with Crippen molar-refractivity contribution in [2.24, 2.45) is 5.73 Å². The quantitative estimate of drug-likeness (QED) is 0.810. The van der Waals surface area contributed by atoms with Gasteiger partial charge in [0.1, 0.15) is 17.4 Å². The minimum absolute atomic E-state index is 0.00945. The minimum Gasteiger partial charge on any atom is -0.463 e. The third-order valence-electron chi connectivity index (χ3n) is 4.26. The van der Waals surface area contributed by atoms with E-state index < -0.39 is 11.9 Å². The van der Waals surface area contributed by atoms with Crippen molar-refractivity contribution in [2.75, 3.05) is 6.61 Å². The summed E-state index contributed by atoms with van der Waals surface area (Å²) in [6, 6.07) is 11.8. The van der Waals surface area contributed by atoms with Crippen LogP contribution in [-0.4, -0.2) is 16.9 Å². The third kappa shape index (κ3) is 3.57. The number of allylic oxidation sites excluding steroid dienone is 2. The lowest BCUT2D eigenvalue weighted by Gasteiger charge is -2.26. The van der Waals surface area contributed by atoms with Crippen LogP contribution in [-0.2, 0) is 14.3 Å². The molecule has 138 valence electrons. The number of benzene rings is 1. The van der Waals surface area contributed by atoms with E-state index in [0.29, 0.717) is 11.3 Å². The largest absolute Gasteiger partial charge is 0.463 e. The molecule has 7 heteroatoms. The van der Waals surface area contributed by atoms with Crippen molar-refractivity contribution >= 4 is 17.5 Å². The average molecular weight is 381 g/mol. The summed E-state index contributed by atoms with van der Waals surface area (Å²) in [6.07, 6.45) is 0. The van der Waals surface area contributed by atoms with Crippen molar-refractivity contribution in [1.82, 2.24) is 4.37 Å². The Kier molecular flexibility index (Phi) is 5.28. The van der Waals surface area contributed by atoms with Crippen LogP contribution < -0.4 is 5.73 Å². The van der Waals surface area contributed by atoms with Gasteiger partial charge in [0.25, 0.3) is 0 Å². The van der Waals surface area contributed by atoms with Crippen molar-refractivity contribution in [3.05, 3.63) is 64.4 Å². The van der Waals surface area contributed by atoms with E-state index in [1.807, 2.05) is 37.3 Å². The van der Waals surface area contributed by atoms with Gasteiger partial charge in [0, 0.05) is 0 Å². The van der Waals surface area contributed by atoms with Gasteiger partial charge >= 0.3 is 5.97 Å². The summed E-state index contributed by atoms with van der Waals surface area (Å²) in [5, 5.41) is 9.60. The summed E-state index contributed by atoms with van der Waals surface area (Å²) in [5.74, 6) is -0.783. The predicted octanol–water partition coefficient (Wildman–Crippen LogP) is 3.76. The molecule has 1 unspecified atom stereocenters. The Balaban J connectivity index is 2.05. The number of carbonyl (C=O) groups excluding carboxylic acids is 1. The average Bonchev–Trinajstić information content (AvgIpc) is 3.08. The van der Waals surface area contributed by atoms with Crippen molar-refractivity contribution in [3.63, 3.8) is 0 Å². The highest BCUT2D eigenvalue weighted by Crippen LogP contribution is 2.40. The van der Waals surface area contributed by atoms with Crippen LogP contribution in [0.4, 0.5) is 0 Å². The molecule has 2 heterocycles. The van der Waals surface area contributed by atoms with E-state index in [1.165, 1.54) is 11.5 Å². The van der Waals surface area contributed by atoms with Crippen molar-refractivity contribution in [2.45, 2.75) is 26.7 Å². The fraction of sp³-hybridized carbons (Fsp3) is 0.250. The second kappa shape index (κ2) is 7.64. The van der Waals surface area contributed by atoms with E-state index in [0.717, 1.165) is 21.7 Å². The Hall–Kier alpha value is -3.11. The molecule has 0 spiro atoms. The maximum absolute atomic E-state index is 12.5. The van der Waals surface area contributed by atoms with Gasteiger partial charge in [-0.3, -0.25) is 0 Å². The standard InChI is InChI=1S/C20H19N3O3S/c1-4-25-20(24)17-12(3)26-19(22)15(10-21)18(17)14-7-5-13(6-8-14)16-9-11(2)23-27-16/h5-9,18H,4,22H2,1-3H3. The van der Waals surface area contributed by atoms with E-state index >= 15 is 0 Å². The van der Waals surface area contributed by atoms with E-state index in [-0.39, 0.29) is 18.1 Å². The topological polar surface area (TPSA) is 98.2 Å². The van der Waals surface area contributed by atoms with Crippen LogP contribution >= 0.6 is 11.5 Å². The van der Waals surface area contributed by atoms with Crippen LogP contribution in [0, 0.1) is 18.3 Å². The summed E-state index contributed by atoms with van der Waals surface area (Å²) in [6.45, 7) is 5.55. The number of ether oxygens (including phenoxy) is 2. The van der Waals surface area contributed by atoms with Crippen molar-refractivity contribution < 1.29 is 14.3 Å². The van der Waals surface area contributed by atoms with E-state index in [1.54, 1.807) is 13.8 Å². The number of esters is 1. The molecular weight excluding hydrogens is 362 g/mol. The first-order valence-electron chi connectivity index (χ1n) is 8.45. The molecular formula is C20H19N3O3S. The zero-order valence-electron chi connectivity index (χ0n) is 15.3. The summed E-state index contributed by atoms with van der Waals surface area (Å²) in [4.78, 5) is 13.6. The predicted molar refractivity (Wildman–Crippen MR) is 102 cm³/mol. The summed E-state index contributed by atoms with van der Waals surface area (Å²) in [7, 11) is 0. The van der Waals surface area contributed by atoms with Gasteiger partial charge in [0.15, 0.2) is 0 Å². The number of nitriles is 1. The first kappa shape index (κ1) is 18.7. The molecule has 1 aliphatic rings. The maximum Gasteiger partial charge on any atom is 0.338 e. The van der Waals surface area contributed by atoms with Crippen LogP contribution in [0.3, 0.4) is 0 Å². The van der Waals surface area contributed by atoms with Crippen LogP contribution in [0.1, 0.15) is 31.0 Å². The lowest BCUT2D eigenvalue weighted by atomic mass is 9.83. The number of nitrogens with zero attached hydrogens (tertiary/aromatic N) is 2.